The normalized spacial score (nSPS) is 16.3. The average molecular weight is 309 g/mol. The number of carbonyl (C=O) groups is 2. The Kier molecular flexibility index (Phi) is 4.42. The first-order valence-corrected chi connectivity index (χ1v) is 7.76. The first-order valence-electron chi connectivity index (χ1n) is 7.76. The number of rotatable bonds is 3. The van der Waals surface area contributed by atoms with Crippen LogP contribution >= 0.6 is 0 Å². The van der Waals surface area contributed by atoms with Gasteiger partial charge in [0.05, 0.1) is 18.6 Å². The number of ether oxygens (including phenoxy) is 1. The van der Waals surface area contributed by atoms with E-state index in [1.165, 1.54) is 12.7 Å². The van der Waals surface area contributed by atoms with E-state index in [1.54, 1.807) is 24.3 Å². The summed E-state index contributed by atoms with van der Waals surface area (Å²) in [4.78, 5) is 24.2. The van der Waals surface area contributed by atoms with E-state index in [9.17, 15) is 9.59 Å². The molecule has 4 heteroatoms. The minimum Gasteiger partial charge on any atom is -0.465 e. The van der Waals surface area contributed by atoms with Gasteiger partial charge in [-0.2, -0.15) is 0 Å². The fourth-order valence-corrected chi connectivity index (χ4v) is 3.10. The standard InChI is InChI=1S/C19H19NO3/c1-23-19(22)14-8-4-9-15(12-14)20-18(21)17-11-5-7-13-6-2-3-10-16(13)17/h2-4,6,8-10,12,17H,5,7,11H2,1H3,(H,20,21). The van der Waals surface area contributed by atoms with E-state index in [0.29, 0.717) is 11.3 Å². The Labute approximate surface area is 135 Å². The van der Waals surface area contributed by atoms with E-state index in [1.807, 2.05) is 18.2 Å². The summed E-state index contributed by atoms with van der Waals surface area (Å²) in [7, 11) is 1.34. The molecule has 0 saturated carbocycles. The molecule has 2 aromatic carbocycles. The number of methoxy groups -OCH3 is 1. The van der Waals surface area contributed by atoms with Crippen molar-refractivity contribution in [2.45, 2.75) is 25.2 Å². The number of amides is 1. The number of carbonyl (C=O) groups excluding carboxylic acids is 2. The Hall–Kier alpha value is -2.62. The molecule has 0 saturated heterocycles. The first-order chi connectivity index (χ1) is 11.2. The summed E-state index contributed by atoms with van der Waals surface area (Å²) in [6.07, 6.45) is 2.88. The molecule has 0 bridgehead atoms. The van der Waals surface area contributed by atoms with Crippen molar-refractivity contribution in [2.24, 2.45) is 0 Å². The van der Waals surface area contributed by atoms with E-state index >= 15 is 0 Å². The van der Waals surface area contributed by atoms with Gasteiger partial charge < -0.3 is 10.1 Å². The number of nitrogens with one attached hydrogen (secondary N) is 1. The number of hydrogen-bond acceptors (Lipinski definition) is 3. The van der Waals surface area contributed by atoms with Crippen LogP contribution in [0.4, 0.5) is 5.69 Å². The zero-order valence-corrected chi connectivity index (χ0v) is 13.0. The van der Waals surface area contributed by atoms with Crippen molar-refractivity contribution in [2.75, 3.05) is 12.4 Å². The van der Waals surface area contributed by atoms with Crippen LogP contribution in [0.2, 0.25) is 0 Å². The predicted octanol–water partition coefficient (Wildman–Crippen LogP) is 3.53. The van der Waals surface area contributed by atoms with Crippen LogP contribution in [-0.4, -0.2) is 19.0 Å². The van der Waals surface area contributed by atoms with E-state index in [4.69, 9.17) is 4.74 Å². The fourth-order valence-electron chi connectivity index (χ4n) is 3.10. The molecule has 0 aromatic heterocycles. The molecule has 2 aromatic rings. The second-order valence-electron chi connectivity index (χ2n) is 5.71. The molecule has 1 unspecified atom stereocenters. The van der Waals surface area contributed by atoms with Crippen LogP contribution in [-0.2, 0) is 16.0 Å². The summed E-state index contributed by atoms with van der Waals surface area (Å²) in [6, 6.07) is 14.9. The topological polar surface area (TPSA) is 55.4 Å². The first kappa shape index (κ1) is 15.3. The van der Waals surface area contributed by atoms with Gasteiger partial charge in [0.2, 0.25) is 5.91 Å². The van der Waals surface area contributed by atoms with Crippen molar-refractivity contribution in [1.29, 1.82) is 0 Å². The van der Waals surface area contributed by atoms with Gasteiger partial charge in [0.1, 0.15) is 0 Å². The highest BCUT2D eigenvalue weighted by Gasteiger charge is 2.26. The second-order valence-corrected chi connectivity index (χ2v) is 5.71. The third-order valence-corrected chi connectivity index (χ3v) is 4.24. The van der Waals surface area contributed by atoms with Gasteiger partial charge in [-0.15, -0.1) is 0 Å². The summed E-state index contributed by atoms with van der Waals surface area (Å²) < 4.78 is 4.71. The molecule has 4 nitrogen and oxygen atoms in total. The molecule has 1 aliphatic rings. The van der Waals surface area contributed by atoms with Crippen LogP contribution in [0.25, 0.3) is 0 Å². The highest BCUT2D eigenvalue weighted by molar-refractivity contribution is 5.98. The summed E-state index contributed by atoms with van der Waals surface area (Å²) in [5.41, 5.74) is 3.40. The molecular weight excluding hydrogens is 290 g/mol. The van der Waals surface area contributed by atoms with Gasteiger partial charge in [0, 0.05) is 5.69 Å². The van der Waals surface area contributed by atoms with E-state index in [0.717, 1.165) is 24.8 Å². The molecule has 0 fully saturated rings. The number of aryl methyl sites for hydroxylation is 1. The van der Waals surface area contributed by atoms with Gasteiger partial charge in [-0.25, -0.2) is 4.79 Å². The van der Waals surface area contributed by atoms with E-state index in [-0.39, 0.29) is 11.8 Å². The summed E-state index contributed by atoms with van der Waals surface area (Å²) in [5.74, 6) is -0.579. The number of esters is 1. The Balaban J connectivity index is 1.79. The Morgan fingerprint density at radius 1 is 1.13 bits per heavy atom. The Bertz CT molecular complexity index is 739. The lowest BCUT2D eigenvalue weighted by molar-refractivity contribution is -0.117. The van der Waals surface area contributed by atoms with Crippen LogP contribution < -0.4 is 5.32 Å². The van der Waals surface area contributed by atoms with Crippen LogP contribution in [0.15, 0.2) is 48.5 Å². The van der Waals surface area contributed by atoms with Gasteiger partial charge in [-0.1, -0.05) is 30.3 Å². The second kappa shape index (κ2) is 6.65. The average Bonchev–Trinajstić information content (AvgIpc) is 2.60. The van der Waals surface area contributed by atoms with Crippen molar-refractivity contribution < 1.29 is 14.3 Å². The maximum atomic E-state index is 12.7. The highest BCUT2D eigenvalue weighted by atomic mass is 16.5. The molecular formula is C19H19NO3. The SMILES string of the molecule is COC(=O)c1cccc(NC(=O)C2CCCc3ccccc32)c1. The van der Waals surface area contributed by atoms with E-state index < -0.39 is 5.97 Å². The molecule has 118 valence electrons. The minimum absolute atomic E-state index is 0.0286. The van der Waals surface area contributed by atoms with Crippen LogP contribution in [0.5, 0.6) is 0 Å². The Morgan fingerprint density at radius 2 is 1.96 bits per heavy atom. The van der Waals surface area contributed by atoms with Gasteiger partial charge in [0.25, 0.3) is 0 Å². The molecule has 0 radical (unpaired) electrons. The molecule has 23 heavy (non-hydrogen) atoms. The largest absolute Gasteiger partial charge is 0.465 e. The lowest BCUT2D eigenvalue weighted by Gasteiger charge is -2.24. The summed E-state index contributed by atoms with van der Waals surface area (Å²) in [5, 5.41) is 2.93. The molecule has 1 N–H and O–H groups in total. The predicted molar refractivity (Wildman–Crippen MR) is 88.5 cm³/mol. The van der Waals surface area contributed by atoms with Crippen molar-refractivity contribution in [1.82, 2.24) is 0 Å². The Morgan fingerprint density at radius 3 is 2.78 bits per heavy atom. The maximum absolute atomic E-state index is 12.7. The zero-order chi connectivity index (χ0) is 16.2. The zero-order valence-electron chi connectivity index (χ0n) is 13.0. The third kappa shape index (κ3) is 3.26. The lowest BCUT2D eigenvalue weighted by atomic mass is 9.82. The fraction of sp³-hybridized carbons (Fsp3) is 0.263. The van der Waals surface area contributed by atoms with Crippen LogP contribution in [0.3, 0.4) is 0 Å². The summed E-state index contributed by atoms with van der Waals surface area (Å²) >= 11 is 0. The van der Waals surface area contributed by atoms with Crippen LogP contribution in [0, 0.1) is 0 Å². The van der Waals surface area contributed by atoms with Gasteiger partial charge in [-0.05, 0) is 48.6 Å². The van der Waals surface area contributed by atoms with Crippen molar-refractivity contribution in [3.05, 3.63) is 65.2 Å². The minimum atomic E-state index is -0.413. The molecule has 0 spiro atoms. The molecule has 0 heterocycles. The van der Waals surface area contributed by atoms with Gasteiger partial charge in [-0.3, -0.25) is 4.79 Å². The third-order valence-electron chi connectivity index (χ3n) is 4.24. The number of hydrogen-bond donors (Lipinski definition) is 1. The smallest absolute Gasteiger partial charge is 0.337 e. The van der Waals surface area contributed by atoms with Gasteiger partial charge >= 0.3 is 5.97 Å². The van der Waals surface area contributed by atoms with Gasteiger partial charge in [0.15, 0.2) is 0 Å². The molecule has 0 aliphatic heterocycles. The maximum Gasteiger partial charge on any atom is 0.337 e. The molecule has 3 rings (SSSR count). The molecule has 1 atom stereocenters. The quantitative estimate of drug-likeness (QED) is 0.882. The monoisotopic (exact) mass is 309 g/mol. The number of anilines is 1. The van der Waals surface area contributed by atoms with E-state index in [2.05, 4.69) is 11.4 Å². The van der Waals surface area contributed by atoms with Crippen LogP contribution in [0.1, 0.15) is 40.2 Å². The summed E-state index contributed by atoms with van der Waals surface area (Å²) in [6.45, 7) is 0. The molecule has 1 aliphatic carbocycles. The van der Waals surface area contributed by atoms with Crippen molar-refractivity contribution in [3.8, 4) is 0 Å². The van der Waals surface area contributed by atoms with Crippen molar-refractivity contribution in [3.63, 3.8) is 0 Å². The molecule has 1 amide bonds. The number of benzene rings is 2. The number of fused-ring (bicyclic) bond motifs is 1. The lowest BCUT2D eigenvalue weighted by Crippen LogP contribution is -2.24. The highest BCUT2D eigenvalue weighted by Crippen LogP contribution is 2.32. The van der Waals surface area contributed by atoms with Crippen molar-refractivity contribution >= 4 is 17.6 Å².